The van der Waals surface area contributed by atoms with Gasteiger partial charge in [-0.3, -0.25) is 4.40 Å². The second kappa shape index (κ2) is 6.64. The second-order valence-corrected chi connectivity index (χ2v) is 7.01. The molecule has 4 heterocycles. The maximum Gasteiger partial charge on any atom is 0.203 e. The average Bonchev–Trinajstić information content (AvgIpc) is 3.26. The predicted molar refractivity (Wildman–Crippen MR) is 91.7 cm³/mol. The summed E-state index contributed by atoms with van der Waals surface area (Å²) in [5.74, 6) is 1.60. The fraction of sp³-hybridized carbons (Fsp3) is 0.438. The summed E-state index contributed by atoms with van der Waals surface area (Å²) in [6.45, 7) is 4.08. The van der Waals surface area contributed by atoms with E-state index in [1.165, 1.54) is 17.7 Å². The third kappa shape index (κ3) is 3.20. The Morgan fingerprint density at radius 3 is 3.30 bits per heavy atom. The number of hydrogen-bond donors (Lipinski definition) is 1. The number of hydrogen-bond acceptors (Lipinski definition) is 6. The first-order chi connectivity index (χ1) is 11.4. The number of rotatable bonds is 5. The van der Waals surface area contributed by atoms with Crippen molar-refractivity contribution in [1.29, 1.82) is 0 Å². The molecule has 0 aromatic carbocycles. The Kier molecular flexibility index (Phi) is 4.21. The van der Waals surface area contributed by atoms with Gasteiger partial charge in [-0.15, -0.1) is 21.5 Å². The van der Waals surface area contributed by atoms with Crippen molar-refractivity contribution < 1.29 is 0 Å². The molecule has 120 valence electrons. The summed E-state index contributed by atoms with van der Waals surface area (Å²) in [5, 5.41) is 13.9. The third-order valence-electron chi connectivity index (χ3n) is 4.33. The van der Waals surface area contributed by atoms with Gasteiger partial charge in [0, 0.05) is 36.9 Å². The fourth-order valence-electron chi connectivity index (χ4n) is 3.21. The molecule has 0 bridgehead atoms. The highest BCUT2D eigenvalue weighted by Gasteiger charge is 2.22. The minimum absolute atomic E-state index is 0.647. The van der Waals surface area contributed by atoms with Crippen molar-refractivity contribution in [3.8, 4) is 0 Å². The Balaban J connectivity index is 1.40. The Hall–Kier alpha value is -1.99. The Bertz CT molecular complexity index is 753. The molecule has 1 aliphatic rings. The normalized spacial score (nSPS) is 18.6. The van der Waals surface area contributed by atoms with Gasteiger partial charge in [0.05, 0.1) is 0 Å². The highest BCUT2D eigenvalue weighted by molar-refractivity contribution is 7.09. The smallest absolute Gasteiger partial charge is 0.203 e. The summed E-state index contributed by atoms with van der Waals surface area (Å²) in [6.07, 6.45) is 7.91. The van der Waals surface area contributed by atoms with Crippen LogP contribution < -0.4 is 10.2 Å². The number of aromatic nitrogens is 4. The summed E-state index contributed by atoms with van der Waals surface area (Å²) in [7, 11) is 0. The van der Waals surface area contributed by atoms with Crippen LogP contribution in [0.25, 0.3) is 5.65 Å². The second-order valence-electron chi connectivity index (χ2n) is 5.98. The van der Waals surface area contributed by atoms with Gasteiger partial charge >= 0.3 is 0 Å². The molecule has 6 nitrogen and oxygen atoms in total. The minimum atomic E-state index is 0.647. The van der Waals surface area contributed by atoms with Crippen LogP contribution in [-0.4, -0.2) is 39.2 Å². The predicted octanol–water partition coefficient (Wildman–Crippen LogP) is 2.19. The van der Waals surface area contributed by atoms with Gasteiger partial charge < -0.3 is 10.2 Å². The van der Waals surface area contributed by atoms with Crippen molar-refractivity contribution in [3.05, 3.63) is 41.1 Å². The van der Waals surface area contributed by atoms with Gasteiger partial charge in [-0.1, -0.05) is 6.07 Å². The van der Waals surface area contributed by atoms with Crippen LogP contribution in [0.5, 0.6) is 0 Å². The zero-order chi connectivity index (χ0) is 15.5. The van der Waals surface area contributed by atoms with E-state index in [4.69, 9.17) is 0 Å². The van der Waals surface area contributed by atoms with Gasteiger partial charge in [0.25, 0.3) is 0 Å². The van der Waals surface area contributed by atoms with E-state index in [0.717, 1.165) is 37.6 Å². The lowest BCUT2D eigenvalue weighted by Gasteiger charge is -2.33. The molecule has 0 aliphatic carbocycles. The molecule has 0 spiro atoms. The fourth-order valence-corrected chi connectivity index (χ4v) is 3.88. The van der Waals surface area contributed by atoms with Crippen LogP contribution in [0.15, 0.2) is 36.2 Å². The quantitative estimate of drug-likeness (QED) is 0.778. The molecule has 1 N–H and O–H groups in total. The molecule has 0 radical (unpaired) electrons. The van der Waals surface area contributed by atoms with E-state index in [1.54, 1.807) is 6.33 Å². The number of fused-ring (bicyclic) bond motifs is 1. The monoisotopic (exact) mass is 328 g/mol. The van der Waals surface area contributed by atoms with Crippen LogP contribution in [0.3, 0.4) is 0 Å². The molecule has 0 unspecified atom stereocenters. The van der Waals surface area contributed by atoms with E-state index in [0.29, 0.717) is 5.92 Å². The highest BCUT2D eigenvalue weighted by atomic mass is 32.1. The maximum absolute atomic E-state index is 4.54. The van der Waals surface area contributed by atoms with Crippen molar-refractivity contribution in [2.24, 2.45) is 5.92 Å². The number of nitrogens with one attached hydrogen (secondary N) is 1. The van der Waals surface area contributed by atoms with Crippen LogP contribution in [0.1, 0.15) is 17.7 Å². The van der Waals surface area contributed by atoms with Crippen molar-refractivity contribution in [1.82, 2.24) is 24.9 Å². The van der Waals surface area contributed by atoms with Crippen LogP contribution in [-0.2, 0) is 6.54 Å². The molecule has 1 fully saturated rings. The van der Waals surface area contributed by atoms with Crippen LogP contribution >= 0.6 is 11.3 Å². The lowest BCUT2D eigenvalue weighted by molar-refractivity contribution is 0.391. The number of piperidine rings is 1. The molecule has 0 saturated carbocycles. The molecule has 4 rings (SSSR count). The zero-order valence-corrected chi connectivity index (χ0v) is 13.7. The van der Waals surface area contributed by atoms with Gasteiger partial charge in [-0.05, 0) is 36.8 Å². The molecular weight excluding hydrogens is 308 g/mol. The van der Waals surface area contributed by atoms with Crippen molar-refractivity contribution in [3.63, 3.8) is 0 Å². The van der Waals surface area contributed by atoms with Crippen LogP contribution in [0.2, 0.25) is 0 Å². The van der Waals surface area contributed by atoms with Crippen molar-refractivity contribution in [2.75, 3.05) is 24.5 Å². The zero-order valence-electron chi connectivity index (χ0n) is 12.9. The van der Waals surface area contributed by atoms with E-state index in [-0.39, 0.29) is 0 Å². The molecule has 3 aromatic heterocycles. The molecular formula is C16H20N6S. The SMILES string of the molecule is c1csc(CNC[C@H]2CCCN(c3nccn4cnnc34)C2)c1. The highest BCUT2D eigenvalue weighted by Crippen LogP contribution is 2.23. The molecule has 1 aliphatic heterocycles. The molecule has 3 aromatic rings. The van der Waals surface area contributed by atoms with Gasteiger partial charge in [0.2, 0.25) is 5.65 Å². The van der Waals surface area contributed by atoms with Gasteiger partial charge in [-0.25, -0.2) is 4.98 Å². The number of nitrogens with zero attached hydrogens (tertiary/aromatic N) is 5. The summed E-state index contributed by atoms with van der Waals surface area (Å²) in [5.41, 5.74) is 0.847. The van der Waals surface area contributed by atoms with Gasteiger partial charge in [0.1, 0.15) is 6.33 Å². The van der Waals surface area contributed by atoms with Gasteiger partial charge in [-0.2, -0.15) is 0 Å². The lowest BCUT2D eigenvalue weighted by Crippen LogP contribution is -2.40. The topological polar surface area (TPSA) is 58.4 Å². The van der Waals surface area contributed by atoms with E-state index in [9.17, 15) is 0 Å². The van der Waals surface area contributed by atoms with E-state index in [2.05, 4.69) is 42.9 Å². The summed E-state index contributed by atoms with van der Waals surface area (Å²) in [4.78, 5) is 8.29. The lowest BCUT2D eigenvalue weighted by atomic mass is 9.98. The standard InChI is InChI=1S/C16H20N6S/c1-3-13(9-17-10-14-4-2-8-23-14)11-21(6-1)15-16-20-19-12-22(16)7-5-18-15/h2,4-5,7-8,12-13,17H,1,3,6,9-11H2/t13-/m1/s1. The molecule has 0 amide bonds. The Morgan fingerprint density at radius 2 is 2.39 bits per heavy atom. The maximum atomic E-state index is 4.54. The molecule has 1 atom stereocenters. The molecule has 7 heteroatoms. The van der Waals surface area contributed by atoms with Gasteiger partial charge in [0.15, 0.2) is 5.82 Å². The van der Waals surface area contributed by atoms with Crippen molar-refractivity contribution >= 4 is 22.8 Å². The summed E-state index contributed by atoms with van der Waals surface area (Å²) < 4.78 is 1.93. The number of thiophene rings is 1. The first-order valence-corrected chi connectivity index (χ1v) is 8.90. The Morgan fingerprint density at radius 1 is 1.39 bits per heavy atom. The largest absolute Gasteiger partial charge is 0.353 e. The van der Waals surface area contributed by atoms with E-state index in [1.807, 2.05) is 28.1 Å². The van der Waals surface area contributed by atoms with E-state index >= 15 is 0 Å². The average molecular weight is 328 g/mol. The number of anilines is 1. The molecule has 1 saturated heterocycles. The first kappa shape index (κ1) is 14.6. The van der Waals surface area contributed by atoms with Crippen LogP contribution in [0, 0.1) is 5.92 Å². The Labute approximate surface area is 139 Å². The minimum Gasteiger partial charge on any atom is -0.353 e. The molecule has 23 heavy (non-hydrogen) atoms. The summed E-state index contributed by atoms with van der Waals surface area (Å²) in [6, 6.07) is 4.29. The van der Waals surface area contributed by atoms with Crippen molar-refractivity contribution in [2.45, 2.75) is 19.4 Å². The first-order valence-electron chi connectivity index (χ1n) is 8.02. The van der Waals surface area contributed by atoms with Crippen LogP contribution in [0.4, 0.5) is 5.82 Å². The summed E-state index contributed by atoms with van der Waals surface area (Å²) >= 11 is 1.81. The van der Waals surface area contributed by atoms with E-state index < -0.39 is 0 Å². The third-order valence-corrected chi connectivity index (χ3v) is 5.20.